The number of carbonyl (C=O) groups excluding carboxylic acids is 3. The highest BCUT2D eigenvalue weighted by molar-refractivity contribution is 9.10. The Morgan fingerprint density at radius 2 is 1.81 bits per heavy atom. The number of thioether (sulfide) groups is 1. The molecule has 0 bridgehead atoms. The van der Waals surface area contributed by atoms with Gasteiger partial charge in [0.1, 0.15) is 30.5 Å². The van der Waals surface area contributed by atoms with Gasteiger partial charge in [-0.2, -0.15) is 0 Å². The van der Waals surface area contributed by atoms with Gasteiger partial charge in [0, 0.05) is 15.7 Å². The molecule has 7 nitrogen and oxygen atoms in total. The van der Waals surface area contributed by atoms with Gasteiger partial charge in [0.15, 0.2) is 0 Å². The van der Waals surface area contributed by atoms with Gasteiger partial charge in [-0.05, 0) is 78.0 Å². The first-order chi connectivity index (χ1) is 17.3. The minimum atomic E-state index is -0.570. The summed E-state index contributed by atoms with van der Waals surface area (Å²) in [6, 6.07) is 17.9. The Morgan fingerprint density at radius 1 is 1.08 bits per heavy atom. The van der Waals surface area contributed by atoms with Crippen LogP contribution < -0.4 is 14.8 Å². The Morgan fingerprint density at radius 3 is 2.50 bits per heavy atom. The molecule has 3 aromatic carbocycles. The van der Waals surface area contributed by atoms with E-state index in [4.69, 9.17) is 9.47 Å². The highest BCUT2D eigenvalue weighted by Crippen LogP contribution is 2.35. The van der Waals surface area contributed by atoms with Gasteiger partial charge in [0.05, 0.1) is 12.0 Å². The van der Waals surface area contributed by atoms with Crippen molar-refractivity contribution < 1.29 is 28.2 Å². The van der Waals surface area contributed by atoms with Crippen LogP contribution in [0.15, 0.2) is 76.1 Å². The fourth-order valence-corrected chi connectivity index (χ4v) is 4.51. The van der Waals surface area contributed by atoms with E-state index >= 15 is 0 Å². The topological polar surface area (TPSA) is 84.9 Å². The van der Waals surface area contributed by atoms with E-state index in [1.54, 1.807) is 60.7 Å². The molecule has 184 valence electrons. The first kappa shape index (κ1) is 25.5. The minimum absolute atomic E-state index is 0.168. The molecule has 0 saturated carbocycles. The first-order valence-corrected chi connectivity index (χ1v) is 12.3. The molecule has 0 aliphatic carbocycles. The van der Waals surface area contributed by atoms with Crippen molar-refractivity contribution >= 4 is 56.5 Å². The van der Waals surface area contributed by atoms with E-state index in [0.717, 1.165) is 26.7 Å². The van der Waals surface area contributed by atoms with Gasteiger partial charge >= 0.3 is 0 Å². The Balaban J connectivity index is 1.45. The molecule has 1 aliphatic rings. The third-order valence-electron chi connectivity index (χ3n) is 5.12. The lowest BCUT2D eigenvalue weighted by Gasteiger charge is -2.13. The Bertz CT molecular complexity index is 1330. The maximum atomic E-state index is 13.2. The predicted octanol–water partition coefficient (Wildman–Crippen LogP) is 5.85. The molecule has 0 atom stereocenters. The SMILES string of the molecule is COc1ccc(NC(=O)CN2C(=O)S/C(=C\c3cc(Br)ccc3OCc3ccc(F)cc3)C2=O)cc1. The summed E-state index contributed by atoms with van der Waals surface area (Å²) in [7, 11) is 1.54. The molecule has 1 heterocycles. The van der Waals surface area contributed by atoms with E-state index in [9.17, 15) is 18.8 Å². The quantitative estimate of drug-likeness (QED) is 0.342. The molecule has 10 heteroatoms. The number of imide groups is 1. The van der Waals surface area contributed by atoms with Gasteiger partial charge < -0.3 is 14.8 Å². The number of nitrogens with one attached hydrogen (secondary N) is 1. The zero-order valence-electron chi connectivity index (χ0n) is 19.0. The number of anilines is 1. The van der Waals surface area contributed by atoms with Gasteiger partial charge in [0.25, 0.3) is 11.1 Å². The monoisotopic (exact) mass is 570 g/mol. The summed E-state index contributed by atoms with van der Waals surface area (Å²) >= 11 is 4.16. The van der Waals surface area contributed by atoms with Crippen molar-refractivity contribution in [1.82, 2.24) is 4.90 Å². The molecule has 4 rings (SSSR count). The van der Waals surface area contributed by atoms with Gasteiger partial charge in [-0.1, -0.05) is 28.1 Å². The molecule has 1 saturated heterocycles. The number of nitrogens with zero attached hydrogens (tertiary/aromatic N) is 1. The number of benzene rings is 3. The Kier molecular flexibility index (Phi) is 8.07. The van der Waals surface area contributed by atoms with Crippen molar-refractivity contribution in [2.45, 2.75) is 6.61 Å². The van der Waals surface area contributed by atoms with E-state index < -0.39 is 23.6 Å². The van der Waals surface area contributed by atoms with Crippen LogP contribution in [-0.2, 0) is 16.2 Å². The van der Waals surface area contributed by atoms with Crippen LogP contribution >= 0.6 is 27.7 Å². The minimum Gasteiger partial charge on any atom is -0.497 e. The summed E-state index contributed by atoms with van der Waals surface area (Å²) < 4.78 is 24.9. The first-order valence-electron chi connectivity index (χ1n) is 10.7. The summed E-state index contributed by atoms with van der Waals surface area (Å²) in [4.78, 5) is 39.0. The smallest absolute Gasteiger partial charge is 0.294 e. The fourth-order valence-electron chi connectivity index (χ4n) is 3.30. The second-order valence-electron chi connectivity index (χ2n) is 7.64. The van der Waals surface area contributed by atoms with Crippen LogP contribution in [0.25, 0.3) is 6.08 Å². The highest BCUT2D eigenvalue weighted by atomic mass is 79.9. The molecule has 0 radical (unpaired) electrons. The number of halogens is 2. The predicted molar refractivity (Wildman–Crippen MR) is 139 cm³/mol. The summed E-state index contributed by atoms with van der Waals surface area (Å²) in [6.45, 7) is -0.226. The van der Waals surface area contributed by atoms with Crippen molar-refractivity contribution in [2.24, 2.45) is 0 Å². The van der Waals surface area contributed by atoms with Crippen molar-refractivity contribution in [2.75, 3.05) is 19.0 Å². The van der Waals surface area contributed by atoms with E-state index in [-0.39, 0.29) is 17.3 Å². The number of methoxy groups -OCH3 is 1. The molecule has 0 unspecified atom stereocenters. The molecular weight excluding hydrogens is 551 g/mol. The second kappa shape index (κ2) is 11.4. The van der Waals surface area contributed by atoms with Crippen LogP contribution in [0.1, 0.15) is 11.1 Å². The van der Waals surface area contributed by atoms with Crippen molar-refractivity contribution in [3.63, 3.8) is 0 Å². The fraction of sp³-hybridized carbons (Fsp3) is 0.115. The number of amides is 3. The van der Waals surface area contributed by atoms with Crippen LogP contribution in [0.3, 0.4) is 0 Å². The van der Waals surface area contributed by atoms with E-state index in [0.29, 0.717) is 22.7 Å². The molecule has 0 spiro atoms. The number of carbonyl (C=O) groups is 3. The van der Waals surface area contributed by atoms with Crippen LogP contribution in [0.2, 0.25) is 0 Å². The zero-order chi connectivity index (χ0) is 25.7. The van der Waals surface area contributed by atoms with Crippen LogP contribution in [0.5, 0.6) is 11.5 Å². The van der Waals surface area contributed by atoms with Crippen molar-refractivity contribution in [3.05, 3.63) is 93.1 Å². The molecule has 1 fully saturated rings. The molecule has 1 aliphatic heterocycles. The lowest BCUT2D eigenvalue weighted by molar-refractivity contribution is -0.127. The maximum Gasteiger partial charge on any atom is 0.294 e. The van der Waals surface area contributed by atoms with Crippen molar-refractivity contribution in [3.8, 4) is 11.5 Å². The van der Waals surface area contributed by atoms with E-state index in [2.05, 4.69) is 21.2 Å². The zero-order valence-corrected chi connectivity index (χ0v) is 21.4. The largest absolute Gasteiger partial charge is 0.497 e. The number of hydrogen-bond acceptors (Lipinski definition) is 6. The standard InChI is InChI=1S/C26H20BrFN2O5S/c1-34-21-9-7-20(8-10-21)29-24(31)14-30-25(32)23(36-26(30)33)13-17-12-18(27)4-11-22(17)35-15-16-2-5-19(28)6-3-16/h2-13H,14-15H2,1H3,(H,29,31)/b23-13-. The summed E-state index contributed by atoms with van der Waals surface area (Å²) in [6.07, 6.45) is 1.55. The van der Waals surface area contributed by atoms with Crippen LogP contribution in [0.4, 0.5) is 14.9 Å². The van der Waals surface area contributed by atoms with E-state index in [1.807, 2.05) is 0 Å². The molecule has 3 aromatic rings. The Hall–Kier alpha value is -3.63. The third kappa shape index (κ3) is 6.32. The highest BCUT2D eigenvalue weighted by Gasteiger charge is 2.36. The lowest BCUT2D eigenvalue weighted by atomic mass is 10.1. The Labute approximate surface area is 219 Å². The summed E-state index contributed by atoms with van der Waals surface area (Å²) in [5.41, 5.74) is 1.86. The average Bonchev–Trinajstić information content (AvgIpc) is 3.12. The van der Waals surface area contributed by atoms with Crippen LogP contribution in [-0.4, -0.2) is 35.6 Å². The molecule has 36 heavy (non-hydrogen) atoms. The number of rotatable bonds is 8. The molecule has 0 aromatic heterocycles. The lowest BCUT2D eigenvalue weighted by Crippen LogP contribution is -2.36. The van der Waals surface area contributed by atoms with Gasteiger partial charge in [-0.3, -0.25) is 19.3 Å². The molecular formula is C26H20BrFN2O5S. The third-order valence-corrected chi connectivity index (χ3v) is 6.52. The summed E-state index contributed by atoms with van der Waals surface area (Å²) in [5, 5.41) is 2.12. The van der Waals surface area contributed by atoms with Gasteiger partial charge in [-0.25, -0.2) is 4.39 Å². The van der Waals surface area contributed by atoms with E-state index in [1.165, 1.54) is 19.2 Å². The number of ether oxygens (including phenoxy) is 2. The average molecular weight is 571 g/mol. The second-order valence-corrected chi connectivity index (χ2v) is 9.55. The van der Waals surface area contributed by atoms with Crippen LogP contribution in [0, 0.1) is 5.82 Å². The van der Waals surface area contributed by atoms with Crippen molar-refractivity contribution in [1.29, 1.82) is 0 Å². The maximum absolute atomic E-state index is 13.2. The molecule has 3 amide bonds. The molecule has 1 N–H and O–H groups in total. The van der Waals surface area contributed by atoms with Gasteiger partial charge in [0.2, 0.25) is 5.91 Å². The summed E-state index contributed by atoms with van der Waals surface area (Å²) in [5.74, 6) is -0.297. The number of hydrogen-bond donors (Lipinski definition) is 1. The normalized spacial score (nSPS) is 14.3. The van der Waals surface area contributed by atoms with Gasteiger partial charge in [-0.15, -0.1) is 0 Å².